The number of hydrogen-bond donors (Lipinski definition) is 0. The highest BCUT2D eigenvalue weighted by molar-refractivity contribution is 5.95. The number of ether oxygens (including phenoxy) is 1. The number of hydrogen-bond acceptors (Lipinski definition) is 4. The molecule has 2 aromatic carbocycles. The van der Waals surface area contributed by atoms with Gasteiger partial charge < -0.3 is 14.5 Å². The maximum atomic E-state index is 12.9. The molecule has 0 spiro atoms. The quantitative estimate of drug-likeness (QED) is 0.623. The Balaban J connectivity index is 1.42. The monoisotopic (exact) mass is 401 g/mol. The van der Waals surface area contributed by atoms with Crippen molar-refractivity contribution < 1.29 is 9.53 Å². The Morgan fingerprint density at radius 2 is 1.90 bits per heavy atom. The van der Waals surface area contributed by atoms with Gasteiger partial charge in [-0.2, -0.15) is 0 Å². The number of aromatic nitrogens is 1. The first-order chi connectivity index (χ1) is 14.6. The summed E-state index contributed by atoms with van der Waals surface area (Å²) in [5.41, 5.74) is 4.04. The first-order valence-corrected chi connectivity index (χ1v) is 10.8. The van der Waals surface area contributed by atoms with Gasteiger partial charge in [0.15, 0.2) is 0 Å². The molecule has 2 aliphatic heterocycles. The molecule has 0 N–H and O–H groups in total. The average molecular weight is 402 g/mol. The van der Waals surface area contributed by atoms with Crippen molar-refractivity contribution in [2.45, 2.75) is 38.6 Å². The van der Waals surface area contributed by atoms with E-state index in [1.807, 2.05) is 29.2 Å². The number of methoxy groups -OCH3 is 1. The van der Waals surface area contributed by atoms with Crippen molar-refractivity contribution in [2.24, 2.45) is 0 Å². The van der Waals surface area contributed by atoms with Crippen molar-refractivity contribution in [1.29, 1.82) is 0 Å². The molecule has 5 nitrogen and oxygen atoms in total. The van der Waals surface area contributed by atoms with Crippen LogP contribution < -0.4 is 9.64 Å². The van der Waals surface area contributed by atoms with Crippen molar-refractivity contribution in [3.8, 4) is 5.75 Å². The molecule has 154 valence electrons. The number of rotatable bonds is 3. The summed E-state index contributed by atoms with van der Waals surface area (Å²) in [6, 6.07) is 16.6. The lowest BCUT2D eigenvalue weighted by atomic mass is 10.0. The Morgan fingerprint density at radius 1 is 1.07 bits per heavy atom. The highest BCUT2D eigenvalue weighted by Crippen LogP contribution is 2.35. The van der Waals surface area contributed by atoms with Gasteiger partial charge in [-0.25, -0.2) is 4.98 Å². The molecule has 2 aliphatic rings. The largest absolute Gasteiger partial charge is 0.497 e. The standard InChI is InChI=1S/C25H27N3O2/c1-17-5-3-4-13-27(17)25(29)18-6-9-21(10-7-18)28-14-12-20-15-19-8-11-22(30-2)16-23(19)26-24(20)28/h6-11,15-17H,3-5,12-14H2,1-2H3. The molecule has 30 heavy (non-hydrogen) atoms. The second-order valence-corrected chi connectivity index (χ2v) is 8.32. The minimum Gasteiger partial charge on any atom is -0.497 e. The fraction of sp³-hybridized carbons (Fsp3) is 0.360. The van der Waals surface area contributed by atoms with Crippen molar-refractivity contribution in [3.63, 3.8) is 0 Å². The predicted octanol–water partition coefficient (Wildman–Crippen LogP) is 4.95. The van der Waals surface area contributed by atoms with Crippen LogP contribution in [0.25, 0.3) is 10.9 Å². The molecule has 0 bridgehead atoms. The molecule has 1 fully saturated rings. The van der Waals surface area contributed by atoms with Crippen LogP contribution in [0, 0.1) is 0 Å². The van der Waals surface area contributed by atoms with Gasteiger partial charge in [-0.3, -0.25) is 4.79 Å². The topological polar surface area (TPSA) is 45.7 Å². The normalized spacial score (nSPS) is 18.5. The molecule has 0 radical (unpaired) electrons. The van der Waals surface area contributed by atoms with Gasteiger partial charge in [-0.05, 0) is 80.6 Å². The van der Waals surface area contributed by atoms with Crippen LogP contribution in [-0.4, -0.2) is 42.0 Å². The SMILES string of the molecule is COc1ccc2cc3c(nc2c1)N(c1ccc(C(=O)N2CCCCC2C)cc1)CC3. The van der Waals surface area contributed by atoms with E-state index in [4.69, 9.17) is 9.72 Å². The zero-order chi connectivity index (χ0) is 20.7. The minimum atomic E-state index is 0.145. The van der Waals surface area contributed by atoms with E-state index in [-0.39, 0.29) is 5.91 Å². The number of pyridine rings is 1. The van der Waals surface area contributed by atoms with Crippen LogP contribution in [0.15, 0.2) is 48.5 Å². The number of fused-ring (bicyclic) bond motifs is 2. The van der Waals surface area contributed by atoms with E-state index in [1.165, 1.54) is 12.0 Å². The minimum absolute atomic E-state index is 0.145. The van der Waals surface area contributed by atoms with Gasteiger partial charge in [0, 0.05) is 41.8 Å². The van der Waals surface area contributed by atoms with Gasteiger partial charge in [0.05, 0.1) is 12.6 Å². The molecule has 0 aliphatic carbocycles. The molecule has 1 amide bonds. The van der Waals surface area contributed by atoms with Crippen LogP contribution in [0.4, 0.5) is 11.5 Å². The summed E-state index contributed by atoms with van der Waals surface area (Å²) in [7, 11) is 1.67. The molecular formula is C25H27N3O2. The van der Waals surface area contributed by atoms with E-state index >= 15 is 0 Å². The van der Waals surface area contributed by atoms with E-state index in [9.17, 15) is 4.79 Å². The predicted molar refractivity (Wildman–Crippen MR) is 120 cm³/mol. The van der Waals surface area contributed by atoms with Crippen molar-refractivity contribution in [1.82, 2.24) is 9.88 Å². The van der Waals surface area contributed by atoms with Crippen LogP contribution in [0.3, 0.4) is 0 Å². The molecule has 3 aromatic rings. The Labute approximate surface area is 177 Å². The number of likely N-dealkylation sites (tertiary alicyclic amines) is 1. The lowest BCUT2D eigenvalue weighted by Gasteiger charge is -2.33. The van der Waals surface area contributed by atoms with Crippen LogP contribution in [0.1, 0.15) is 42.1 Å². The third-order valence-electron chi connectivity index (χ3n) is 6.43. The third-order valence-corrected chi connectivity index (χ3v) is 6.43. The van der Waals surface area contributed by atoms with Crippen molar-refractivity contribution in [2.75, 3.05) is 25.1 Å². The maximum Gasteiger partial charge on any atom is 0.254 e. The van der Waals surface area contributed by atoms with Crippen LogP contribution >= 0.6 is 0 Å². The Morgan fingerprint density at radius 3 is 2.67 bits per heavy atom. The smallest absolute Gasteiger partial charge is 0.254 e. The summed E-state index contributed by atoms with van der Waals surface area (Å²) in [4.78, 5) is 22.1. The summed E-state index contributed by atoms with van der Waals surface area (Å²) < 4.78 is 5.36. The molecule has 1 aromatic heterocycles. The van der Waals surface area contributed by atoms with Gasteiger partial charge in [0.25, 0.3) is 5.91 Å². The van der Waals surface area contributed by atoms with Gasteiger partial charge in [0.2, 0.25) is 0 Å². The highest BCUT2D eigenvalue weighted by atomic mass is 16.5. The van der Waals surface area contributed by atoms with E-state index in [1.54, 1.807) is 7.11 Å². The molecule has 1 unspecified atom stereocenters. The van der Waals surface area contributed by atoms with Gasteiger partial charge in [-0.1, -0.05) is 0 Å². The van der Waals surface area contributed by atoms with Crippen molar-refractivity contribution in [3.05, 3.63) is 59.7 Å². The molecule has 5 heteroatoms. The summed E-state index contributed by atoms with van der Waals surface area (Å²) in [5.74, 6) is 1.96. The molecule has 0 saturated carbocycles. The van der Waals surface area contributed by atoms with E-state index in [2.05, 4.69) is 36.1 Å². The van der Waals surface area contributed by atoms with Crippen LogP contribution in [-0.2, 0) is 6.42 Å². The highest BCUT2D eigenvalue weighted by Gasteiger charge is 2.26. The maximum absolute atomic E-state index is 12.9. The summed E-state index contributed by atoms with van der Waals surface area (Å²) in [5, 5.41) is 1.13. The van der Waals surface area contributed by atoms with Crippen LogP contribution in [0.2, 0.25) is 0 Å². The first kappa shape index (κ1) is 18.9. The summed E-state index contributed by atoms with van der Waals surface area (Å²) in [6.07, 6.45) is 4.38. The second-order valence-electron chi connectivity index (χ2n) is 8.32. The molecular weight excluding hydrogens is 374 g/mol. The van der Waals surface area contributed by atoms with Gasteiger partial charge >= 0.3 is 0 Å². The number of benzene rings is 2. The van der Waals surface area contributed by atoms with Crippen molar-refractivity contribution >= 4 is 28.3 Å². The number of amides is 1. The Kier molecular flexibility index (Phi) is 4.81. The van der Waals surface area contributed by atoms with E-state index in [0.717, 1.165) is 66.1 Å². The van der Waals surface area contributed by atoms with E-state index < -0.39 is 0 Å². The Bertz CT molecular complexity index is 1090. The van der Waals surface area contributed by atoms with E-state index in [0.29, 0.717) is 6.04 Å². The zero-order valence-corrected chi connectivity index (χ0v) is 17.6. The fourth-order valence-corrected chi connectivity index (χ4v) is 4.66. The average Bonchev–Trinajstić information content (AvgIpc) is 3.20. The number of nitrogens with zero attached hydrogens (tertiary/aromatic N) is 3. The molecule has 3 heterocycles. The second kappa shape index (κ2) is 7.63. The molecule has 1 saturated heterocycles. The van der Waals surface area contributed by atoms with Crippen LogP contribution in [0.5, 0.6) is 5.75 Å². The van der Waals surface area contributed by atoms with Gasteiger partial charge in [0.1, 0.15) is 11.6 Å². The van der Waals surface area contributed by atoms with Gasteiger partial charge in [-0.15, -0.1) is 0 Å². The zero-order valence-electron chi connectivity index (χ0n) is 17.6. The molecule has 1 atom stereocenters. The third kappa shape index (κ3) is 3.28. The number of anilines is 2. The number of carbonyl (C=O) groups is 1. The number of carbonyl (C=O) groups excluding carboxylic acids is 1. The fourth-order valence-electron chi connectivity index (χ4n) is 4.66. The summed E-state index contributed by atoms with van der Waals surface area (Å²) in [6.45, 7) is 3.91. The lowest BCUT2D eigenvalue weighted by molar-refractivity contribution is 0.0635. The Hall–Kier alpha value is -3.08. The first-order valence-electron chi connectivity index (χ1n) is 10.8. The summed E-state index contributed by atoms with van der Waals surface area (Å²) >= 11 is 0. The lowest BCUT2D eigenvalue weighted by Crippen LogP contribution is -2.42. The molecule has 5 rings (SSSR count). The number of piperidine rings is 1.